The van der Waals surface area contributed by atoms with E-state index in [2.05, 4.69) is 0 Å². The molecular formula is C23H17FO3S2. The molecule has 1 aliphatic heterocycles. The minimum Gasteiger partial charge on any atom is -0.456 e. The smallest absolute Gasteiger partial charge is 0.144 e. The summed E-state index contributed by atoms with van der Waals surface area (Å²) in [7, 11) is -2.49. The maximum absolute atomic E-state index is 13.5. The molecule has 0 radical (unpaired) electrons. The molecule has 3 aromatic carbocycles. The zero-order chi connectivity index (χ0) is 20.4. The van der Waals surface area contributed by atoms with E-state index in [0.717, 1.165) is 22.3 Å². The summed E-state index contributed by atoms with van der Waals surface area (Å²) < 4.78 is 41.8. The summed E-state index contributed by atoms with van der Waals surface area (Å²) >= 11 is 5.37. The third-order valence-electron chi connectivity index (χ3n) is 4.84. The van der Waals surface area contributed by atoms with Crippen molar-refractivity contribution in [2.75, 3.05) is 0 Å². The quantitative estimate of drug-likeness (QED) is 0.463. The highest BCUT2D eigenvalue weighted by molar-refractivity contribution is 7.79. The van der Waals surface area contributed by atoms with E-state index in [-0.39, 0.29) is 17.5 Å². The predicted molar refractivity (Wildman–Crippen MR) is 117 cm³/mol. The maximum atomic E-state index is 13.5. The standard InChI is InChI=1S/C23H17FO3S2/c24-18-11-9-16(10-12-18)22-20(13-28)19-3-1-2-4-21(19)27-23(22)17-7-5-15(6-8-17)14-29(25)26/h1-13,20,29H,14H2. The lowest BCUT2D eigenvalue weighted by Crippen LogP contribution is -2.15. The van der Waals surface area contributed by atoms with Crippen LogP contribution in [0.4, 0.5) is 4.39 Å². The van der Waals surface area contributed by atoms with Crippen LogP contribution in [0.5, 0.6) is 5.75 Å². The first-order valence-electron chi connectivity index (χ1n) is 9.00. The lowest BCUT2D eigenvalue weighted by atomic mass is 9.83. The molecule has 29 heavy (non-hydrogen) atoms. The van der Waals surface area contributed by atoms with Gasteiger partial charge < -0.3 is 4.74 Å². The van der Waals surface area contributed by atoms with Crippen molar-refractivity contribution in [1.82, 2.24) is 0 Å². The van der Waals surface area contributed by atoms with Crippen molar-refractivity contribution in [1.29, 1.82) is 0 Å². The summed E-state index contributed by atoms with van der Waals surface area (Å²) in [5.41, 5.74) is 4.11. The molecule has 1 unspecified atom stereocenters. The van der Waals surface area contributed by atoms with E-state index < -0.39 is 10.7 Å². The van der Waals surface area contributed by atoms with Gasteiger partial charge in [-0.1, -0.05) is 66.8 Å². The molecule has 0 saturated carbocycles. The molecule has 6 heteroatoms. The summed E-state index contributed by atoms with van der Waals surface area (Å²) in [4.78, 5) is 0. The Labute approximate surface area is 175 Å². The van der Waals surface area contributed by atoms with Gasteiger partial charge in [0, 0.05) is 22.6 Å². The van der Waals surface area contributed by atoms with Crippen molar-refractivity contribution in [2.45, 2.75) is 11.7 Å². The minimum atomic E-state index is -2.49. The van der Waals surface area contributed by atoms with E-state index in [1.807, 2.05) is 36.4 Å². The van der Waals surface area contributed by atoms with Crippen molar-refractivity contribution >= 4 is 39.6 Å². The zero-order valence-corrected chi connectivity index (χ0v) is 17.0. The van der Waals surface area contributed by atoms with E-state index >= 15 is 0 Å². The van der Waals surface area contributed by atoms with Crippen LogP contribution in [0.1, 0.15) is 28.2 Å². The summed E-state index contributed by atoms with van der Waals surface area (Å²) in [5, 5.41) is 1.69. The summed E-state index contributed by atoms with van der Waals surface area (Å²) in [6, 6.07) is 21.1. The Morgan fingerprint density at radius 3 is 2.24 bits per heavy atom. The first-order chi connectivity index (χ1) is 14.1. The molecule has 1 heterocycles. The molecule has 0 fully saturated rings. The number of thiol groups is 1. The fourth-order valence-electron chi connectivity index (χ4n) is 3.50. The van der Waals surface area contributed by atoms with Crippen LogP contribution in [0.15, 0.2) is 72.8 Å². The molecular weight excluding hydrogens is 407 g/mol. The molecule has 0 amide bonds. The highest BCUT2D eigenvalue weighted by Crippen LogP contribution is 2.46. The average molecular weight is 425 g/mol. The van der Waals surface area contributed by atoms with E-state index in [4.69, 9.17) is 17.0 Å². The molecule has 0 spiro atoms. The van der Waals surface area contributed by atoms with Crippen molar-refractivity contribution in [2.24, 2.45) is 0 Å². The van der Waals surface area contributed by atoms with Gasteiger partial charge in [0.15, 0.2) is 0 Å². The van der Waals surface area contributed by atoms with Gasteiger partial charge in [-0.15, -0.1) is 0 Å². The number of hydrogen-bond donors (Lipinski definition) is 1. The van der Waals surface area contributed by atoms with E-state index in [9.17, 15) is 12.8 Å². The van der Waals surface area contributed by atoms with Crippen LogP contribution in [0, 0.1) is 5.82 Å². The summed E-state index contributed by atoms with van der Waals surface area (Å²) in [5.74, 6) is 0.811. The fourth-order valence-corrected chi connectivity index (χ4v) is 4.29. The molecule has 0 aromatic heterocycles. The zero-order valence-electron chi connectivity index (χ0n) is 15.2. The van der Waals surface area contributed by atoms with E-state index in [0.29, 0.717) is 17.1 Å². The molecule has 4 rings (SSSR count). The normalized spacial score (nSPS) is 15.7. The van der Waals surface area contributed by atoms with Gasteiger partial charge in [0.2, 0.25) is 0 Å². The van der Waals surface area contributed by atoms with Crippen LogP contribution < -0.4 is 4.74 Å². The van der Waals surface area contributed by atoms with Gasteiger partial charge in [0.1, 0.15) is 28.0 Å². The Balaban J connectivity index is 1.89. The van der Waals surface area contributed by atoms with Crippen molar-refractivity contribution in [3.05, 3.63) is 101 Å². The Morgan fingerprint density at radius 1 is 0.931 bits per heavy atom. The highest BCUT2D eigenvalue weighted by atomic mass is 32.2. The Morgan fingerprint density at radius 2 is 1.59 bits per heavy atom. The molecule has 1 aliphatic rings. The third kappa shape index (κ3) is 3.99. The Bertz CT molecular complexity index is 1160. The number of halogens is 1. The Kier molecular flexibility index (Phi) is 5.56. The second kappa shape index (κ2) is 8.27. The van der Waals surface area contributed by atoms with Crippen molar-refractivity contribution < 1.29 is 17.5 Å². The molecule has 1 atom stereocenters. The second-order valence-electron chi connectivity index (χ2n) is 6.69. The third-order valence-corrected chi connectivity index (χ3v) is 5.74. The Hall–Kier alpha value is -2.83. The van der Waals surface area contributed by atoms with Crippen LogP contribution in [0.3, 0.4) is 0 Å². The van der Waals surface area contributed by atoms with Crippen molar-refractivity contribution in [3.63, 3.8) is 0 Å². The van der Waals surface area contributed by atoms with Gasteiger partial charge in [-0.25, -0.2) is 12.8 Å². The molecule has 3 nitrogen and oxygen atoms in total. The lowest BCUT2D eigenvalue weighted by Gasteiger charge is -2.29. The number of hydrogen-bond acceptors (Lipinski definition) is 4. The molecule has 3 aromatic rings. The van der Waals surface area contributed by atoms with Gasteiger partial charge in [-0.05, 0) is 34.7 Å². The lowest BCUT2D eigenvalue weighted by molar-refractivity contribution is 0.500. The number of rotatable bonds is 5. The number of ether oxygens (including phenoxy) is 1. The van der Waals surface area contributed by atoms with Crippen LogP contribution in [-0.2, 0) is 16.5 Å². The first kappa shape index (κ1) is 19.5. The fraction of sp³-hybridized carbons (Fsp3) is 0.0870. The summed E-state index contributed by atoms with van der Waals surface area (Å²) in [6.07, 6.45) is 0. The van der Waals surface area contributed by atoms with Gasteiger partial charge in [-0.3, -0.25) is 0 Å². The van der Waals surface area contributed by atoms with Crippen LogP contribution in [0.25, 0.3) is 11.3 Å². The topological polar surface area (TPSA) is 43.4 Å². The SMILES string of the molecule is O=[SH](=O)Cc1ccc(C2=C(c3ccc(F)cc3)C(C=S)c3ccccc3O2)cc1. The van der Waals surface area contributed by atoms with Gasteiger partial charge >= 0.3 is 0 Å². The molecule has 146 valence electrons. The number of fused-ring (bicyclic) bond motifs is 1. The predicted octanol–water partition coefficient (Wildman–Crippen LogP) is 4.98. The van der Waals surface area contributed by atoms with Gasteiger partial charge in [0.25, 0.3) is 0 Å². The largest absolute Gasteiger partial charge is 0.456 e. The van der Waals surface area contributed by atoms with Crippen LogP contribution >= 0.6 is 12.2 Å². The van der Waals surface area contributed by atoms with Gasteiger partial charge in [0.05, 0.1) is 5.75 Å². The van der Waals surface area contributed by atoms with E-state index in [1.165, 1.54) is 12.1 Å². The van der Waals surface area contributed by atoms with Crippen LogP contribution in [0.2, 0.25) is 0 Å². The molecule has 0 N–H and O–H groups in total. The maximum Gasteiger partial charge on any atom is 0.144 e. The molecule has 0 bridgehead atoms. The number of benzene rings is 3. The summed E-state index contributed by atoms with van der Waals surface area (Å²) in [6.45, 7) is 0. The minimum absolute atomic E-state index is 0.00820. The molecule has 0 aliphatic carbocycles. The number of allylic oxidation sites excluding steroid dienone is 1. The monoisotopic (exact) mass is 424 g/mol. The number of para-hydroxylation sites is 1. The molecule has 0 saturated heterocycles. The first-order valence-corrected chi connectivity index (χ1v) is 10.8. The van der Waals surface area contributed by atoms with Crippen molar-refractivity contribution in [3.8, 4) is 5.75 Å². The van der Waals surface area contributed by atoms with Gasteiger partial charge in [-0.2, -0.15) is 0 Å². The number of thiocarbonyl (C=S) groups is 1. The van der Waals surface area contributed by atoms with E-state index in [1.54, 1.807) is 29.6 Å². The average Bonchev–Trinajstić information content (AvgIpc) is 2.73. The highest BCUT2D eigenvalue weighted by Gasteiger charge is 2.30. The van der Waals surface area contributed by atoms with Crippen LogP contribution in [-0.4, -0.2) is 13.8 Å². The second-order valence-corrected chi connectivity index (χ2v) is 7.94.